The molecule has 36 valence electrons. The lowest BCUT2D eigenvalue weighted by molar-refractivity contribution is -0.106. The van der Waals surface area contributed by atoms with Crippen LogP contribution >= 0.6 is 0 Å². The Balaban J connectivity index is 0. The summed E-state index contributed by atoms with van der Waals surface area (Å²) < 4.78 is 0. The van der Waals surface area contributed by atoms with Gasteiger partial charge in [0.1, 0.15) is 6.29 Å². The molecule has 0 saturated carbocycles. The Bertz CT molecular complexity index is 28.5. The summed E-state index contributed by atoms with van der Waals surface area (Å²) in [4.78, 5) is 8.81. The fourth-order valence-electron chi connectivity index (χ4n) is 0. The summed E-state index contributed by atoms with van der Waals surface area (Å²) in [6.45, 7) is 3.11. The van der Waals surface area contributed by atoms with Crippen LogP contribution in [-0.2, 0) is 4.79 Å². The highest BCUT2D eigenvalue weighted by Crippen LogP contribution is 1.17. The maximum absolute atomic E-state index is 8.81. The first-order valence-corrected chi connectivity index (χ1v) is 1.68. The van der Waals surface area contributed by atoms with Crippen LogP contribution in [-0.4, -0.2) is 12.5 Å². The molecule has 6 heavy (non-hydrogen) atoms. The van der Waals surface area contributed by atoms with Crippen molar-refractivity contribution in [2.45, 2.75) is 13.8 Å². The standard InChI is InChI=1S/C2H5N.C2H4O/c2*1-2-3/h2-3H,1H3;2H,1H3. The van der Waals surface area contributed by atoms with Gasteiger partial charge in [0.25, 0.3) is 0 Å². The van der Waals surface area contributed by atoms with Crippen molar-refractivity contribution in [2.24, 2.45) is 0 Å². The predicted octanol–water partition coefficient (Wildman–Crippen LogP) is 0.861. The van der Waals surface area contributed by atoms with Gasteiger partial charge in [-0.15, -0.1) is 0 Å². The Kier molecular flexibility index (Phi) is 40.5. The number of carbonyl (C=O) groups excluding carboxylic acids is 1. The topological polar surface area (TPSA) is 40.9 Å². The zero-order chi connectivity index (χ0) is 5.41. The smallest absolute Gasteiger partial charge is 0.116 e. The first-order valence-electron chi connectivity index (χ1n) is 1.68. The zero-order valence-corrected chi connectivity index (χ0v) is 4.06. The molecular weight excluding hydrogens is 78.0 g/mol. The highest BCUT2D eigenvalue weighted by atomic mass is 16.1. The van der Waals surface area contributed by atoms with Crippen LogP contribution in [0.5, 0.6) is 0 Å². The second-order valence-electron chi connectivity index (χ2n) is 0.524. The minimum Gasteiger partial charge on any atom is -0.313 e. The first-order chi connectivity index (χ1) is 2.83. The van der Waals surface area contributed by atoms with E-state index >= 15 is 0 Å². The SMILES string of the molecule is CC=N.CC=O. The van der Waals surface area contributed by atoms with Gasteiger partial charge >= 0.3 is 0 Å². The Labute approximate surface area is 37.7 Å². The van der Waals surface area contributed by atoms with Crippen LogP contribution in [0.4, 0.5) is 0 Å². The molecule has 0 saturated heterocycles. The highest BCUT2D eigenvalue weighted by molar-refractivity contribution is 5.48. The minimum atomic E-state index is 0.750. The third kappa shape index (κ3) is 42.0. The predicted molar refractivity (Wildman–Crippen MR) is 26.2 cm³/mol. The van der Waals surface area contributed by atoms with Crippen LogP contribution < -0.4 is 0 Å². The van der Waals surface area contributed by atoms with Crippen LogP contribution in [0.2, 0.25) is 0 Å². The first kappa shape index (κ1) is 9.02. The number of hydrogen-bond acceptors (Lipinski definition) is 2. The molecule has 1 N–H and O–H groups in total. The average molecular weight is 87.1 g/mol. The van der Waals surface area contributed by atoms with E-state index in [2.05, 4.69) is 0 Å². The van der Waals surface area contributed by atoms with Gasteiger partial charge in [0.2, 0.25) is 0 Å². The molecule has 0 rings (SSSR count). The molecule has 0 aliphatic rings. The van der Waals surface area contributed by atoms with Gasteiger partial charge < -0.3 is 10.2 Å². The minimum absolute atomic E-state index is 0.750. The van der Waals surface area contributed by atoms with E-state index in [0.717, 1.165) is 6.29 Å². The number of carbonyl (C=O) groups is 1. The summed E-state index contributed by atoms with van der Waals surface area (Å²) in [5.74, 6) is 0. The van der Waals surface area contributed by atoms with Crippen molar-refractivity contribution in [2.75, 3.05) is 0 Å². The molecule has 0 aliphatic heterocycles. The third-order valence-electron chi connectivity index (χ3n) is 0. The monoisotopic (exact) mass is 87.1 g/mol. The normalized spacial score (nSPS) is 4.33. The summed E-state index contributed by atoms with van der Waals surface area (Å²) in [5, 5.41) is 6.08. The molecule has 0 bridgehead atoms. The summed E-state index contributed by atoms with van der Waals surface area (Å²) in [5.41, 5.74) is 0. The molecule has 0 radical (unpaired) electrons. The van der Waals surface area contributed by atoms with Crippen LogP contribution in [0.25, 0.3) is 0 Å². The van der Waals surface area contributed by atoms with Gasteiger partial charge in [-0.3, -0.25) is 0 Å². The van der Waals surface area contributed by atoms with Crippen molar-refractivity contribution in [3.05, 3.63) is 0 Å². The van der Waals surface area contributed by atoms with E-state index < -0.39 is 0 Å². The summed E-state index contributed by atoms with van der Waals surface area (Å²) in [6.07, 6.45) is 2.00. The average Bonchev–Trinajstić information content (AvgIpc) is 1.39. The van der Waals surface area contributed by atoms with E-state index in [1.807, 2.05) is 0 Å². The van der Waals surface area contributed by atoms with Gasteiger partial charge in [-0.2, -0.15) is 0 Å². The van der Waals surface area contributed by atoms with Gasteiger partial charge in [0, 0.05) is 0 Å². The van der Waals surface area contributed by atoms with Crippen molar-refractivity contribution in [3.8, 4) is 0 Å². The Morgan fingerprint density at radius 2 is 1.50 bits per heavy atom. The number of nitrogens with one attached hydrogen (secondary N) is 1. The summed E-state index contributed by atoms with van der Waals surface area (Å²) in [6, 6.07) is 0. The van der Waals surface area contributed by atoms with Crippen molar-refractivity contribution >= 4 is 12.5 Å². The van der Waals surface area contributed by atoms with Crippen LogP contribution in [0.3, 0.4) is 0 Å². The maximum Gasteiger partial charge on any atom is 0.116 e. The van der Waals surface area contributed by atoms with Gasteiger partial charge in [0.05, 0.1) is 0 Å². The fraction of sp³-hybridized carbons (Fsp3) is 0.500. The van der Waals surface area contributed by atoms with Crippen LogP contribution in [0, 0.1) is 5.41 Å². The summed E-state index contributed by atoms with van der Waals surface area (Å²) in [7, 11) is 0. The van der Waals surface area contributed by atoms with Gasteiger partial charge in [-0.25, -0.2) is 0 Å². The van der Waals surface area contributed by atoms with E-state index in [-0.39, 0.29) is 0 Å². The van der Waals surface area contributed by atoms with Crippen LogP contribution in [0.1, 0.15) is 13.8 Å². The van der Waals surface area contributed by atoms with E-state index in [9.17, 15) is 0 Å². The van der Waals surface area contributed by atoms with E-state index in [0.29, 0.717) is 0 Å². The molecule has 0 unspecified atom stereocenters. The number of hydrogen-bond donors (Lipinski definition) is 1. The highest BCUT2D eigenvalue weighted by Gasteiger charge is 1.24. The van der Waals surface area contributed by atoms with Crippen molar-refractivity contribution in [1.82, 2.24) is 0 Å². The molecular formula is C4H9NO. The largest absolute Gasteiger partial charge is 0.313 e. The van der Waals surface area contributed by atoms with Gasteiger partial charge in [-0.1, -0.05) is 0 Å². The molecule has 2 nitrogen and oxygen atoms in total. The quantitative estimate of drug-likeness (QED) is 0.345. The molecule has 0 aromatic heterocycles. The molecule has 0 heterocycles. The molecule has 0 aromatic rings. The van der Waals surface area contributed by atoms with Crippen molar-refractivity contribution in [1.29, 1.82) is 5.41 Å². The second kappa shape index (κ2) is 27.0. The molecule has 0 spiro atoms. The van der Waals surface area contributed by atoms with E-state index in [4.69, 9.17) is 10.2 Å². The fourth-order valence-corrected chi connectivity index (χ4v) is 0. The Hall–Kier alpha value is -0.660. The number of aldehydes is 1. The Morgan fingerprint density at radius 1 is 1.50 bits per heavy atom. The molecule has 0 fully saturated rings. The van der Waals surface area contributed by atoms with E-state index in [1.165, 1.54) is 13.1 Å². The number of rotatable bonds is 0. The molecule has 0 atom stereocenters. The summed E-state index contributed by atoms with van der Waals surface area (Å²) >= 11 is 0. The lowest BCUT2D eigenvalue weighted by Gasteiger charge is -1.30. The van der Waals surface area contributed by atoms with Crippen molar-refractivity contribution in [3.63, 3.8) is 0 Å². The van der Waals surface area contributed by atoms with E-state index in [1.54, 1.807) is 6.92 Å². The Morgan fingerprint density at radius 3 is 1.50 bits per heavy atom. The van der Waals surface area contributed by atoms with Gasteiger partial charge in [0.15, 0.2) is 0 Å². The second-order valence-corrected chi connectivity index (χ2v) is 0.524. The van der Waals surface area contributed by atoms with Crippen LogP contribution in [0.15, 0.2) is 0 Å². The lowest BCUT2D eigenvalue weighted by Crippen LogP contribution is -1.36. The van der Waals surface area contributed by atoms with Crippen molar-refractivity contribution < 1.29 is 4.79 Å². The maximum atomic E-state index is 8.81. The zero-order valence-electron chi connectivity index (χ0n) is 4.06. The lowest BCUT2D eigenvalue weighted by atomic mass is 10.9. The molecule has 0 aromatic carbocycles. The molecule has 0 amide bonds. The third-order valence-corrected chi connectivity index (χ3v) is 0. The van der Waals surface area contributed by atoms with Gasteiger partial charge in [-0.05, 0) is 20.1 Å². The molecule has 2 heteroatoms. The molecule has 0 aliphatic carbocycles.